The summed E-state index contributed by atoms with van der Waals surface area (Å²) in [5.74, 6) is -0.826. The molecule has 1 saturated heterocycles. The predicted molar refractivity (Wildman–Crippen MR) is 104 cm³/mol. The average molecular weight is 467 g/mol. The third-order valence-corrected chi connectivity index (χ3v) is 6.85. The van der Waals surface area contributed by atoms with Crippen LogP contribution in [-0.2, 0) is 20.9 Å². The van der Waals surface area contributed by atoms with Gasteiger partial charge in [-0.3, -0.25) is 0 Å². The van der Waals surface area contributed by atoms with E-state index in [1.165, 1.54) is 47.8 Å². The minimum Gasteiger partial charge on any atom is -0.465 e. The zero-order valence-corrected chi connectivity index (χ0v) is 17.4. The third kappa shape index (κ3) is 4.10. The molecule has 168 valence electrons. The molecule has 0 saturated carbocycles. The van der Waals surface area contributed by atoms with E-state index in [9.17, 15) is 26.4 Å². The van der Waals surface area contributed by atoms with Crippen LogP contribution in [0.15, 0.2) is 57.9 Å². The highest BCUT2D eigenvalue weighted by Gasteiger charge is 2.40. The van der Waals surface area contributed by atoms with Crippen LogP contribution < -0.4 is 0 Å². The zero-order chi connectivity index (χ0) is 23.1. The molecule has 0 amide bonds. The Kier molecular flexibility index (Phi) is 5.51. The van der Waals surface area contributed by atoms with E-state index in [2.05, 4.69) is 14.9 Å². The van der Waals surface area contributed by atoms with Crippen LogP contribution in [0.25, 0.3) is 11.4 Å². The number of halogens is 3. The fraction of sp³-hybridized carbons (Fsp3) is 0.250. The van der Waals surface area contributed by atoms with Gasteiger partial charge in [0.05, 0.1) is 29.1 Å². The lowest BCUT2D eigenvalue weighted by Gasteiger charge is -2.35. The van der Waals surface area contributed by atoms with Gasteiger partial charge in [0, 0.05) is 18.7 Å². The molecule has 12 heteroatoms. The second kappa shape index (κ2) is 8.02. The van der Waals surface area contributed by atoms with Crippen molar-refractivity contribution in [2.75, 3.05) is 20.2 Å². The van der Waals surface area contributed by atoms with Crippen molar-refractivity contribution in [1.82, 2.24) is 14.4 Å². The van der Waals surface area contributed by atoms with Crippen molar-refractivity contribution in [3.05, 3.63) is 65.5 Å². The molecule has 0 aliphatic carbocycles. The number of methoxy groups -OCH3 is 1. The molecule has 0 unspecified atom stereocenters. The maximum atomic E-state index is 12.9. The topological polar surface area (TPSA) is 103 Å². The summed E-state index contributed by atoms with van der Waals surface area (Å²) >= 11 is 0. The van der Waals surface area contributed by atoms with Gasteiger partial charge in [-0.25, -0.2) is 13.2 Å². The maximum absolute atomic E-state index is 12.9. The number of benzene rings is 2. The van der Waals surface area contributed by atoms with E-state index in [4.69, 9.17) is 4.52 Å². The number of carbonyl (C=O) groups is 1. The summed E-state index contributed by atoms with van der Waals surface area (Å²) in [6, 6.07) is 9.88. The number of ether oxygens (including phenoxy) is 1. The van der Waals surface area contributed by atoms with Crippen molar-refractivity contribution in [2.24, 2.45) is 0 Å². The molecule has 1 aromatic heterocycles. The van der Waals surface area contributed by atoms with Crippen LogP contribution in [0.1, 0.15) is 27.7 Å². The van der Waals surface area contributed by atoms with Crippen molar-refractivity contribution in [3.8, 4) is 11.4 Å². The fourth-order valence-corrected chi connectivity index (χ4v) is 4.70. The van der Waals surface area contributed by atoms with Crippen molar-refractivity contribution < 1.29 is 35.6 Å². The molecule has 2 aromatic carbocycles. The van der Waals surface area contributed by atoms with Crippen molar-refractivity contribution in [3.63, 3.8) is 0 Å². The first-order valence-electron chi connectivity index (χ1n) is 9.29. The number of hydrogen-bond acceptors (Lipinski definition) is 7. The van der Waals surface area contributed by atoms with E-state index in [0.29, 0.717) is 0 Å². The van der Waals surface area contributed by atoms with Gasteiger partial charge >= 0.3 is 12.1 Å². The SMILES string of the molecule is COC(=O)c1ccc(S(=O)(=O)N2CC(c3nc(-c4cccc(C(F)(F)F)c4)no3)C2)cc1. The first kappa shape index (κ1) is 22.0. The van der Waals surface area contributed by atoms with Gasteiger partial charge in [-0.1, -0.05) is 17.3 Å². The van der Waals surface area contributed by atoms with Crippen molar-refractivity contribution >= 4 is 16.0 Å². The molecule has 3 aromatic rings. The lowest BCUT2D eigenvalue weighted by atomic mass is 10.0. The molecular weight excluding hydrogens is 451 g/mol. The summed E-state index contributed by atoms with van der Waals surface area (Å²) in [7, 11) is -2.57. The molecule has 32 heavy (non-hydrogen) atoms. The molecular formula is C20H16F3N3O5S. The highest BCUT2D eigenvalue weighted by atomic mass is 32.2. The van der Waals surface area contributed by atoms with E-state index >= 15 is 0 Å². The molecule has 0 bridgehead atoms. The number of carbonyl (C=O) groups excluding carboxylic acids is 1. The summed E-state index contributed by atoms with van der Waals surface area (Å²) < 4.78 is 75.1. The van der Waals surface area contributed by atoms with Crippen molar-refractivity contribution in [1.29, 1.82) is 0 Å². The van der Waals surface area contributed by atoms with Gasteiger partial charge in [0.15, 0.2) is 0 Å². The second-order valence-corrected chi connectivity index (χ2v) is 9.01. The Morgan fingerprint density at radius 1 is 1.16 bits per heavy atom. The fourth-order valence-electron chi connectivity index (χ4n) is 3.17. The zero-order valence-electron chi connectivity index (χ0n) is 16.5. The molecule has 4 rings (SSSR count). The Morgan fingerprint density at radius 2 is 1.84 bits per heavy atom. The molecule has 2 heterocycles. The van der Waals surface area contributed by atoms with E-state index in [-0.39, 0.29) is 46.7 Å². The lowest BCUT2D eigenvalue weighted by molar-refractivity contribution is -0.137. The van der Waals surface area contributed by atoms with E-state index in [1.54, 1.807) is 0 Å². The van der Waals surface area contributed by atoms with E-state index < -0.39 is 27.7 Å². The van der Waals surface area contributed by atoms with Crippen LogP contribution in [0.3, 0.4) is 0 Å². The predicted octanol–water partition coefficient (Wildman–Crippen LogP) is 3.33. The number of hydrogen-bond donors (Lipinski definition) is 0. The number of esters is 1. The number of alkyl halides is 3. The van der Waals surface area contributed by atoms with Gasteiger partial charge in [-0.2, -0.15) is 22.5 Å². The second-order valence-electron chi connectivity index (χ2n) is 7.07. The van der Waals surface area contributed by atoms with E-state index in [0.717, 1.165) is 12.1 Å². The summed E-state index contributed by atoms with van der Waals surface area (Å²) in [5.41, 5.74) is -0.467. The first-order valence-corrected chi connectivity index (χ1v) is 10.7. The summed E-state index contributed by atoms with van der Waals surface area (Å²) in [5, 5.41) is 3.73. The molecule has 1 aliphatic heterocycles. The van der Waals surface area contributed by atoms with Crippen molar-refractivity contribution in [2.45, 2.75) is 17.0 Å². The van der Waals surface area contributed by atoms with Gasteiger partial charge in [-0.05, 0) is 36.4 Å². The number of aromatic nitrogens is 2. The Balaban J connectivity index is 1.45. The summed E-state index contributed by atoms with van der Waals surface area (Å²) in [4.78, 5) is 15.6. The molecule has 1 aliphatic rings. The van der Waals surface area contributed by atoms with Crippen LogP contribution in [0, 0.1) is 0 Å². The van der Waals surface area contributed by atoms with Gasteiger partial charge in [0.1, 0.15) is 0 Å². The smallest absolute Gasteiger partial charge is 0.416 e. The average Bonchev–Trinajstić information content (AvgIpc) is 3.21. The summed E-state index contributed by atoms with van der Waals surface area (Å²) in [6.07, 6.45) is -4.50. The molecule has 1 fully saturated rings. The van der Waals surface area contributed by atoms with Crippen LogP contribution in [0.4, 0.5) is 13.2 Å². The Morgan fingerprint density at radius 3 is 2.47 bits per heavy atom. The van der Waals surface area contributed by atoms with Gasteiger partial charge in [0.2, 0.25) is 21.7 Å². The minimum absolute atomic E-state index is 0.00851. The van der Waals surface area contributed by atoms with Crippen LogP contribution >= 0.6 is 0 Å². The normalized spacial score (nSPS) is 15.4. The Hall–Kier alpha value is -3.25. The first-order chi connectivity index (χ1) is 15.1. The van der Waals surface area contributed by atoms with Crippen LogP contribution in [0.5, 0.6) is 0 Å². The molecule has 0 radical (unpaired) electrons. The monoisotopic (exact) mass is 467 g/mol. The molecule has 0 atom stereocenters. The lowest BCUT2D eigenvalue weighted by Crippen LogP contribution is -2.48. The number of sulfonamides is 1. The van der Waals surface area contributed by atoms with Gasteiger partial charge < -0.3 is 9.26 Å². The molecule has 8 nitrogen and oxygen atoms in total. The van der Waals surface area contributed by atoms with Gasteiger partial charge in [-0.15, -0.1) is 0 Å². The Labute approximate surface area is 180 Å². The van der Waals surface area contributed by atoms with E-state index in [1.807, 2.05) is 0 Å². The van der Waals surface area contributed by atoms with Crippen LogP contribution in [-0.4, -0.2) is 49.0 Å². The highest BCUT2D eigenvalue weighted by molar-refractivity contribution is 7.89. The largest absolute Gasteiger partial charge is 0.465 e. The van der Waals surface area contributed by atoms with Gasteiger partial charge in [0.25, 0.3) is 0 Å². The number of rotatable bonds is 5. The standard InChI is InChI=1S/C20H16F3N3O5S/c1-30-19(27)12-5-7-16(8-6-12)32(28,29)26-10-14(11-26)18-24-17(25-31-18)13-3-2-4-15(9-13)20(21,22)23/h2-9,14H,10-11H2,1H3. The number of nitrogens with zero attached hydrogens (tertiary/aromatic N) is 3. The third-order valence-electron chi connectivity index (χ3n) is 5.00. The minimum atomic E-state index is -4.50. The summed E-state index contributed by atoms with van der Waals surface area (Å²) in [6.45, 7) is 0.149. The Bertz CT molecular complexity index is 1250. The maximum Gasteiger partial charge on any atom is 0.416 e. The molecule has 0 N–H and O–H groups in total. The molecule has 0 spiro atoms. The van der Waals surface area contributed by atoms with Crippen LogP contribution in [0.2, 0.25) is 0 Å². The highest BCUT2D eigenvalue weighted by Crippen LogP contribution is 2.34. The quantitative estimate of drug-likeness (QED) is 0.531.